The van der Waals surface area contributed by atoms with Crippen LogP contribution in [0, 0.1) is 5.92 Å². The van der Waals surface area contributed by atoms with Crippen LogP contribution in [0.1, 0.15) is 50.8 Å². The number of aryl methyl sites for hydroxylation is 1. The lowest BCUT2D eigenvalue weighted by molar-refractivity contribution is -0.144. The first-order chi connectivity index (χ1) is 32.3. The van der Waals surface area contributed by atoms with Crippen molar-refractivity contribution in [3.63, 3.8) is 0 Å². The molecule has 18 heteroatoms. The molecule has 4 amide bonds. The maximum atomic E-state index is 14.8. The number of likely N-dealkylation sites (tertiary alicyclic amines) is 1. The zero-order valence-corrected chi connectivity index (χ0v) is 37.8. The third kappa shape index (κ3) is 10.8. The van der Waals surface area contributed by atoms with Gasteiger partial charge in [-0.05, 0) is 53.9 Å². The number of nitrogens with zero attached hydrogens (tertiary/aromatic N) is 7. The molecule has 0 unspecified atom stereocenters. The number of aromatic nitrogens is 6. The number of hydrogen-bond acceptors (Lipinski definition) is 11. The average molecular weight is 910 g/mol. The number of likely N-dealkylation sites (N-methyl/N-ethyl adjacent to an activating group) is 1. The molecule has 348 valence electrons. The van der Waals surface area contributed by atoms with E-state index in [1.165, 1.54) is 4.90 Å². The van der Waals surface area contributed by atoms with Gasteiger partial charge in [-0.1, -0.05) is 103 Å². The van der Waals surface area contributed by atoms with Crippen molar-refractivity contribution < 1.29 is 33.8 Å². The molecule has 0 spiro atoms. The standard InChI is InChI=1S/C49H55N11O7/c1-29(2)44(53-45(61)30(3)50-4)48(64)59-26-37-25-43(59)47(63)51-39(24-32-10-13-33-8-5-6-9-36(33)22-32)46(62)52-40(49(65)66)23-31-11-18-38(19-12-31)67-21-7-20-58-27-41(54-56-58)34-14-16-35(17-15-34)42-28-60(37)57-55-42/h5-6,8-19,22,27-30,37,39-40,43-44,50H,7,20-21,23-26H2,1-4H3,(H,51,63)(H,52,62)(H,53,61)(H,65,66)/t30-,37-,39-,40-,43-,44-/m0/s1. The van der Waals surface area contributed by atoms with Gasteiger partial charge in [-0.3, -0.25) is 23.9 Å². The van der Waals surface area contributed by atoms with Crippen molar-refractivity contribution in [1.29, 1.82) is 0 Å². The second-order valence-electron chi connectivity index (χ2n) is 17.6. The van der Waals surface area contributed by atoms with Gasteiger partial charge < -0.3 is 36.0 Å². The lowest BCUT2D eigenvalue weighted by atomic mass is 9.99. The summed E-state index contributed by atoms with van der Waals surface area (Å²) in [6.45, 7) is 6.33. The van der Waals surface area contributed by atoms with E-state index in [9.17, 15) is 29.1 Å². The van der Waals surface area contributed by atoms with Crippen LogP contribution in [-0.4, -0.2) is 120 Å². The molecule has 5 N–H and O–H groups in total. The third-order valence-electron chi connectivity index (χ3n) is 12.5. The molecule has 1 fully saturated rings. The van der Waals surface area contributed by atoms with Crippen molar-refractivity contribution in [2.75, 3.05) is 20.2 Å². The Labute approximate surface area is 387 Å². The summed E-state index contributed by atoms with van der Waals surface area (Å²) >= 11 is 0. The van der Waals surface area contributed by atoms with E-state index in [1.54, 1.807) is 53.8 Å². The highest BCUT2D eigenvalue weighted by Crippen LogP contribution is 2.31. The SMILES string of the molecule is CN[C@@H](C)C(=O)N[C@H](C(=O)N1C[C@@H]2C[C@H]1C(=O)N[C@@H](Cc1ccc3ccccc3c1)C(=O)N[C@H](C(=O)O)Cc1ccc(cc1)OCCCn1cc(nn1)-c1ccc(cc1)-c1cn2nn1)C(C)C. The zero-order chi connectivity index (χ0) is 47.2. The van der Waals surface area contributed by atoms with Crippen LogP contribution in [0.15, 0.2) is 103 Å². The predicted octanol–water partition coefficient (Wildman–Crippen LogP) is 3.57. The van der Waals surface area contributed by atoms with Crippen LogP contribution in [0.3, 0.4) is 0 Å². The molecule has 0 saturated carbocycles. The molecular formula is C49H55N11O7. The van der Waals surface area contributed by atoms with Crippen molar-refractivity contribution in [1.82, 2.24) is 56.2 Å². The summed E-state index contributed by atoms with van der Waals surface area (Å²) < 4.78 is 9.36. The Morgan fingerprint density at radius 3 is 2.25 bits per heavy atom. The van der Waals surface area contributed by atoms with E-state index in [-0.39, 0.29) is 37.6 Å². The van der Waals surface area contributed by atoms with E-state index < -0.39 is 59.9 Å². The normalized spacial score (nSPS) is 20.0. The summed E-state index contributed by atoms with van der Waals surface area (Å²) in [6, 6.07) is 22.3. The maximum absolute atomic E-state index is 14.8. The van der Waals surface area contributed by atoms with Crippen LogP contribution in [0.4, 0.5) is 0 Å². The van der Waals surface area contributed by atoms with Crippen LogP contribution >= 0.6 is 0 Å². The van der Waals surface area contributed by atoms with Gasteiger partial charge >= 0.3 is 5.97 Å². The molecule has 4 aromatic carbocycles. The summed E-state index contributed by atoms with van der Waals surface area (Å²) in [6.07, 6.45) is 4.36. The van der Waals surface area contributed by atoms with Gasteiger partial charge in [-0.15, -0.1) is 10.2 Å². The van der Waals surface area contributed by atoms with E-state index in [0.717, 1.165) is 27.5 Å². The number of hydrogen-bond donors (Lipinski definition) is 5. The first-order valence-electron chi connectivity index (χ1n) is 22.6. The Hall–Kier alpha value is -7.47. The first-order valence-corrected chi connectivity index (χ1v) is 22.6. The highest BCUT2D eigenvalue weighted by Gasteiger charge is 2.45. The molecular weight excluding hydrogens is 855 g/mol. The number of carboxylic acids is 1. The quantitative estimate of drug-likeness (QED) is 0.148. The molecule has 1 saturated heterocycles. The second-order valence-corrected chi connectivity index (χ2v) is 17.6. The minimum absolute atomic E-state index is 0.0138. The fraction of sp³-hybridized carbons (Fsp3) is 0.367. The number of ether oxygens (including phenoxy) is 1. The van der Waals surface area contributed by atoms with Crippen molar-refractivity contribution in [2.24, 2.45) is 5.92 Å². The lowest BCUT2D eigenvalue weighted by Crippen LogP contribution is -2.59. The van der Waals surface area contributed by atoms with Gasteiger partial charge in [0.05, 0.1) is 31.1 Å². The van der Waals surface area contributed by atoms with Crippen LogP contribution in [0.5, 0.6) is 5.75 Å². The third-order valence-corrected chi connectivity index (χ3v) is 12.5. The number of benzene rings is 4. The molecule has 6 aromatic rings. The zero-order valence-electron chi connectivity index (χ0n) is 37.8. The van der Waals surface area contributed by atoms with Gasteiger partial charge in [0, 0.05) is 49.9 Å². The van der Waals surface area contributed by atoms with Crippen LogP contribution in [0.2, 0.25) is 0 Å². The van der Waals surface area contributed by atoms with Gasteiger partial charge in [-0.2, -0.15) is 0 Å². The van der Waals surface area contributed by atoms with Crippen molar-refractivity contribution in [3.05, 3.63) is 115 Å². The largest absolute Gasteiger partial charge is 0.494 e. The molecule has 67 heavy (non-hydrogen) atoms. The lowest BCUT2D eigenvalue weighted by Gasteiger charge is -2.32. The molecule has 6 heterocycles. The Bertz CT molecular complexity index is 2740. The number of carbonyl (C=O) groups excluding carboxylic acids is 4. The molecule has 10 rings (SSSR count). The molecule has 6 atom stereocenters. The summed E-state index contributed by atoms with van der Waals surface area (Å²) in [4.78, 5) is 71.3. The summed E-state index contributed by atoms with van der Waals surface area (Å²) in [7, 11) is 1.64. The molecule has 0 aliphatic carbocycles. The van der Waals surface area contributed by atoms with E-state index >= 15 is 0 Å². The summed E-state index contributed by atoms with van der Waals surface area (Å²) in [5.74, 6) is -3.22. The molecule has 18 nitrogen and oxygen atoms in total. The maximum Gasteiger partial charge on any atom is 0.326 e. The van der Waals surface area contributed by atoms with Gasteiger partial charge in [0.25, 0.3) is 0 Å². The number of carboxylic acid groups (broad SMARTS) is 1. The fourth-order valence-corrected chi connectivity index (χ4v) is 8.46. The predicted molar refractivity (Wildman–Crippen MR) is 248 cm³/mol. The molecule has 10 bridgehead atoms. The minimum atomic E-state index is -1.35. The van der Waals surface area contributed by atoms with Crippen LogP contribution in [0.25, 0.3) is 33.3 Å². The van der Waals surface area contributed by atoms with E-state index in [1.807, 2.05) is 86.8 Å². The minimum Gasteiger partial charge on any atom is -0.494 e. The number of nitrogens with one attached hydrogen (secondary N) is 4. The monoisotopic (exact) mass is 909 g/mol. The molecule has 2 aromatic heterocycles. The Morgan fingerprint density at radius 1 is 0.851 bits per heavy atom. The Kier molecular flexibility index (Phi) is 14.0. The van der Waals surface area contributed by atoms with Crippen LogP contribution in [-0.2, 0) is 43.4 Å². The van der Waals surface area contributed by atoms with Crippen LogP contribution < -0.4 is 26.0 Å². The van der Waals surface area contributed by atoms with Crippen molar-refractivity contribution in [3.8, 4) is 28.3 Å². The smallest absolute Gasteiger partial charge is 0.326 e. The molecule has 0 radical (unpaired) electrons. The Balaban J connectivity index is 1.15. The van der Waals surface area contributed by atoms with E-state index in [0.29, 0.717) is 42.3 Å². The topological polar surface area (TPSA) is 228 Å². The number of carbonyl (C=O) groups is 5. The van der Waals surface area contributed by atoms with Gasteiger partial charge in [0.2, 0.25) is 23.6 Å². The summed E-state index contributed by atoms with van der Waals surface area (Å²) in [5, 5.41) is 41.3. The molecule has 4 aliphatic heterocycles. The first kappa shape index (κ1) is 46.1. The number of rotatable bonds is 8. The highest BCUT2D eigenvalue weighted by atomic mass is 16.5. The van der Waals surface area contributed by atoms with Crippen molar-refractivity contribution >= 4 is 40.4 Å². The number of amides is 4. The summed E-state index contributed by atoms with van der Waals surface area (Å²) in [5.41, 5.74) is 4.27. The fourth-order valence-electron chi connectivity index (χ4n) is 8.46. The highest BCUT2D eigenvalue weighted by molar-refractivity contribution is 5.96. The van der Waals surface area contributed by atoms with Gasteiger partial charge in [0.15, 0.2) is 0 Å². The average Bonchev–Trinajstić information content (AvgIpc) is 4.12. The van der Waals surface area contributed by atoms with Gasteiger partial charge in [-0.25, -0.2) is 9.48 Å². The van der Waals surface area contributed by atoms with E-state index in [4.69, 9.17) is 4.74 Å². The second kappa shape index (κ2) is 20.4. The van der Waals surface area contributed by atoms with E-state index in [2.05, 4.69) is 41.9 Å². The van der Waals surface area contributed by atoms with Gasteiger partial charge in [0.1, 0.15) is 41.3 Å². The van der Waals surface area contributed by atoms with Crippen molar-refractivity contribution in [2.45, 2.75) is 89.3 Å². The Morgan fingerprint density at radius 2 is 1.55 bits per heavy atom. The number of fused-ring (bicyclic) bond motifs is 3. The number of aliphatic carboxylic acids is 1. The molecule has 4 aliphatic rings.